The average molecular weight is 290 g/mol. The normalized spacial score (nSPS) is 25.0. The molecule has 0 saturated carbocycles. The van der Waals surface area contributed by atoms with Crippen LogP contribution in [0.4, 0.5) is 0 Å². The Labute approximate surface area is 112 Å². The molecular weight excluding hydrogens is 272 g/mol. The molecule has 0 aromatic carbocycles. The van der Waals surface area contributed by atoms with E-state index in [1.807, 2.05) is 0 Å². The van der Waals surface area contributed by atoms with Crippen LogP contribution in [0.3, 0.4) is 0 Å². The highest BCUT2D eigenvalue weighted by molar-refractivity contribution is 7.89. The molecule has 0 radical (unpaired) electrons. The van der Waals surface area contributed by atoms with Gasteiger partial charge in [-0.2, -0.15) is 4.31 Å². The van der Waals surface area contributed by atoms with Gasteiger partial charge in [0.25, 0.3) is 0 Å². The van der Waals surface area contributed by atoms with Crippen LogP contribution in [-0.2, 0) is 26.1 Å². The lowest BCUT2D eigenvalue weighted by Gasteiger charge is -2.14. The number of nitrogens with zero attached hydrogens (tertiary/aromatic N) is 1. The summed E-state index contributed by atoms with van der Waals surface area (Å²) >= 11 is 0. The van der Waals surface area contributed by atoms with E-state index in [2.05, 4.69) is 4.98 Å². The van der Waals surface area contributed by atoms with E-state index in [1.165, 1.54) is 30.8 Å². The number of nitrogens with one attached hydrogen (secondary N) is 1. The maximum atomic E-state index is 12.4. The Bertz CT molecular complexity index is 515. The molecule has 0 amide bonds. The van der Waals surface area contributed by atoms with E-state index in [1.54, 1.807) is 0 Å². The molecule has 1 aliphatic rings. The molecule has 2 atom stereocenters. The molecule has 8 heteroatoms. The first-order chi connectivity index (χ1) is 9.02. The van der Waals surface area contributed by atoms with Gasteiger partial charge in [0.2, 0.25) is 10.0 Å². The molecule has 1 aromatic rings. The number of rotatable bonds is 5. The zero-order valence-corrected chi connectivity index (χ0v) is 11.7. The van der Waals surface area contributed by atoms with E-state index in [0.29, 0.717) is 5.69 Å². The van der Waals surface area contributed by atoms with Crippen LogP contribution >= 0.6 is 0 Å². The van der Waals surface area contributed by atoms with Crippen LogP contribution in [0.2, 0.25) is 0 Å². The van der Waals surface area contributed by atoms with Crippen LogP contribution in [0.25, 0.3) is 0 Å². The van der Waals surface area contributed by atoms with Gasteiger partial charge >= 0.3 is 0 Å². The standard InChI is InChI=1S/C11H18N2O5S/c1-17-10-5-13(6-11(10)18-2)19(15,16)9-3-8(7-14)12-4-9/h3-4,10-12,14H,5-7H2,1-2H3. The minimum absolute atomic E-state index is 0.142. The van der Waals surface area contributed by atoms with Gasteiger partial charge in [-0.05, 0) is 6.07 Å². The van der Waals surface area contributed by atoms with E-state index in [4.69, 9.17) is 14.6 Å². The summed E-state index contributed by atoms with van der Waals surface area (Å²) in [5.41, 5.74) is 0.462. The lowest BCUT2D eigenvalue weighted by molar-refractivity contribution is -0.00461. The first kappa shape index (κ1) is 14.5. The predicted octanol–water partition coefficient (Wildman–Crippen LogP) is -0.459. The third kappa shape index (κ3) is 2.67. The van der Waals surface area contributed by atoms with Gasteiger partial charge < -0.3 is 19.6 Å². The first-order valence-corrected chi connectivity index (χ1v) is 7.30. The molecular formula is C11H18N2O5S. The van der Waals surface area contributed by atoms with Gasteiger partial charge in [-0.25, -0.2) is 8.42 Å². The Balaban J connectivity index is 2.21. The highest BCUT2D eigenvalue weighted by Gasteiger charge is 2.40. The highest BCUT2D eigenvalue weighted by atomic mass is 32.2. The maximum Gasteiger partial charge on any atom is 0.244 e. The fraction of sp³-hybridized carbons (Fsp3) is 0.636. The van der Waals surface area contributed by atoms with Crippen LogP contribution in [0.15, 0.2) is 17.2 Å². The smallest absolute Gasteiger partial charge is 0.244 e. The molecule has 2 rings (SSSR count). The largest absolute Gasteiger partial charge is 0.390 e. The maximum absolute atomic E-state index is 12.4. The summed E-state index contributed by atoms with van der Waals surface area (Å²) in [5, 5.41) is 8.96. The summed E-state index contributed by atoms with van der Waals surface area (Å²) in [6.07, 6.45) is 0.843. The number of methoxy groups -OCH3 is 2. The number of aromatic amines is 1. The van der Waals surface area contributed by atoms with Crippen molar-refractivity contribution in [1.29, 1.82) is 0 Å². The zero-order valence-electron chi connectivity index (χ0n) is 10.9. The molecule has 0 bridgehead atoms. The van der Waals surface area contributed by atoms with Crippen LogP contribution < -0.4 is 0 Å². The summed E-state index contributed by atoms with van der Waals surface area (Å²) in [6, 6.07) is 1.43. The summed E-state index contributed by atoms with van der Waals surface area (Å²) in [7, 11) is -0.514. The van der Waals surface area contributed by atoms with Crippen LogP contribution in [-0.4, -0.2) is 62.3 Å². The van der Waals surface area contributed by atoms with Crippen molar-refractivity contribution in [2.24, 2.45) is 0 Å². The van der Waals surface area contributed by atoms with E-state index < -0.39 is 10.0 Å². The minimum Gasteiger partial charge on any atom is -0.390 e. The molecule has 2 N–H and O–H groups in total. The third-order valence-corrected chi connectivity index (χ3v) is 5.12. The predicted molar refractivity (Wildman–Crippen MR) is 67.1 cm³/mol. The lowest BCUT2D eigenvalue weighted by Crippen LogP contribution is -2.29. The average Bonchev–Trinajstić information content (AvgIpc) is 3.05. The number of H-pyrrole nitrogens is 1. The molecule has 19 heavy (non-hydrogen) atoms. The number of aromatic nitrogens is 1. The van der Waals surface area contributed by atoms with Crippen molar-refractivity contribution in [3.8, 4) is 0 Å². The van der Waals surface area contributed by atoms with Crippen molar-refractivity contribution >= 4 is 10.0 Å². The summed E-state index contributed by atoms with van der Waals surface area (Å²) in [6.45, 7) is 0.296. The van der Waals surface area contributed by atoms with Crippen molar-refractivity contribution in [3.63, 3.8) is 0 Å². The monoisotopic (exact) mass is 290 g/mol. The number of ether oxygens (including phenoxy) is 2. The number of aliphatic hydroxyl groups is 1. The molecule has 1 aromatic heterocycles. The van der Waals surface area contributed by atoms with E-state index in [0.717, 1.165) is 0 Å². The molecule has 1 aliphatic heterocycles. The quantitative estimate of drug-likeness (QED) is 0.766. The number of hydrogen-bond acceptors (Lipinski definition) is 5. The van der Waals surface area contributed by atoms with E-state index in [9.17, 15) is 8.42 Å². The minimum atomic E-state index is -3.58. The van der Waals surface area contributed by atoms with Gasteiger partial charge in [-0.3, -0.25) is 0 Å². The Morgan fingerprint density at radius 1 is 1.37 bits per heavy atom. The topological polar surface area (TPSA) is 91.9 Å². The molecule has 1 saturated heterocycles. The van der Waals surface area contributed by atoms with Crippen molar-refractivity contribution in [2.45, 2.75) is 23.7 Å². The van der Waals surface area contributed by atoms with E-state index in [-0.39, 0.29) is 36.8 Å². The van der Waals surface area contributed by atoms with Gasteiger partial charge in [0.1, 0.15) is 0 Å². The van der Waals surface area contributed by atoms with Gasteiger partial charge in [0.15, 0.2) is 0 Å². The molecule has 0 spiro atoms. The zero-order chi connectivity index (χ0) is 14.0. The number of aliphatic hydroxyl groups excluding tert-OH is 1. The SMILES string of the molecule is COC1CN(S(=O)(=O)c2c[nH]c(CO)c2)CC1OC. The molecule has 2 unspecified atom stereocenters. The summed E-state index contributed by atoms with van der Waals surface area (Å²) in [4.78, 5) is 2.86. The second-order valence-corrected chi connectivity index (χ2v) is 6.33. The fourth-order valence-electron chi connectivity index (χ4n) is 2.17. The van der Waals surface area contributed by atoms with Crippen molar-refractivity contribution in [1.82, 2.24) is 9.29 Å². The molecule has 1 fully saturated rings. The van der Waals surface area contributed by atoms with Crippen molar-refractivity contribution < 1.29 is 23.0 Å². The number of sulfonamides is 1. The highest BCUT2D eigenvalue weighted by Crippen LogP contribution is 2.24. The van der Waals surface area contributed by atoms with Gasteiger partial charge in [-0.15, -0.1) is 0 Å². The van der Waals surface area contributed by atoms with Crippen molar-refractivity contribution in [2.75, 3.05) is 27.3 Å². The third-order valence-electron chi connectivity index (χ3n) is 3.31. The van der Waals surface area contributed by atoms with E-state index >= 15 is 0 Å². The van der Waals surface area contributed by atoms with Crippen LogP contribution in [0.1, 0.15) is 5.69 Å². The van der Waals surface area contributed by atoms with Crippen molar-refractivity contribution in [3.05, 3.63) is 18.0 Å². The van der Waals surface area contributed by atoms with Crippen LogP contribution in [0, 0.1) is 0 Å². The molecule has 2 heterocycles. The molecule has 0 aliphatic carbocycles. The Hall–Kier alpha value is -0.930. The van der Waals surface area contributed by atoms with Gasteiger partial charge in [0.05, 0.1) is 23.7 Å². The number of hydrogen-bond donors (Lipinski definition) is 2. The summed E-state index contributed by atoms with van der Waals surface area (Å²) < 4.78 is 36.6. The molecule has 108 valence electrons. The lowest BCUT2D eigenvalue weighted by atomic mass is 10.3. The Kier molecular flexibility index (Phi) is 4.26. The molecule has 7 nitrogen and oxygen atoms in total. The van der Waals surface area contributed by atoms with Gasteiger partial charge in [0, 0.05) is 39.2 Å². The summed E-state index contributed by atoms with van der Waals surface area (Å²) in [5.74, 6) is 0. The van der Waals surface area contributed by atoms with Gasteiger partial charge in [-0.1, -0.05) is 0 Å². The second-order valence-electron chi connectivity index (χ2n) is 4.39. The van der Waals surface area contributed by atoms with Crippen LogP contribution in [0.5, 0.6) is 0 Å². The Morgan fingerprint density at radius 2 is 1.95 bits per heavy atom. The Morgan fingerprint density at radius 3 is 2.37 bits per heavy atom. The first-order valence-electron chi connectivity index (χ1n) is 5.86. The second kappa shape index (κ2) is 5.59. The fourth-order valence-corrected chi connectivity index (χ4v) is 3.65.